The Labute approximate surface area is 160 Å². The predicted molar refractivity (Wildman–Crippen MR) is 101 cm³/mol. The summed E-state index contributed by atoms with van der Waals surface area (Å²) in [6.07, 6.45) is 5.80. The Morgan fingerprint density at radius 2 is 2.04 bits per heavy atom. The minimum Gasteiger partial charge on any atom is -0.337 e. The van der Waals surface area contributed by atoms with E-state index in [1.807, 2.05) is 42.2 Å². The lowest BCUT2D eigenvalue weighted by Gasteiger charge is -2.35. The van der Waals surface area contributed by atoms with Gasteiger partial charge in [0.15, 0.2) is 0 Å². The fraction of sp³-hybridized carbons (Fsp3) is 0.500. The lowest BCUT2D eigenvalue weighted by Crippen LogP contribution is -2.47. The van der Waals surface area contributed by atoms with Crippen LogP contribution >= 0.6 is 0 Å². The van der Waals surface area contributed by atoms with Gasteiger partial charge in [-0.2, -0.15) is 5.26 Å². The molecule has 3 aliphatic rings. The zero-order valence-corrected chi connectivity index (χ0v) is 15.6. The van der Waals surface area contributed by atoms with E-state index in [0.717, 1.165) is 18.4 Å². The molecule has 5 nitrogen and oxygen atoms in total. The lowest BCUT2D eigenvalue weighted by atomic mass is 9.71. The van der Waals surface area contributed by atoms with Gasteiger partial charge in [0, 0.05) is 25.6 Å². The van der Waals surface area contributed by atoms with Crippen LogP contribution in [-0.4, -0.2) is 40.7 Å². The maximum Gasteiger partial charge on any atom is 0.228 e. The standard InChI is InChI=1S/C22H25N3O2/c1-15-9-10-17-14-24(13-16-6-3-2-4-7-16)21(26)20(17)19(15)22(27)25-11-5-8-18(25)12-23/h2-4,6-7,9-10,15,17-20H,5,8,11,13-14H2,1H3/t15-,17-,18-,19+,20-/m0/s1. The predicted octanol–water partition coefficient (Wildman–Crippen LogP) is 2.60. The average molecular weight is 363 g/mol. The Morgan fingerprint density at radius 3 is 2.78 bits per heavy atom. The zero-order valence-electron chi connectivity index (χ0n) is 15.6. The molecule has 1 aromatic rings. The van der Waals surface area contributed by atoms with Crippen LogP contribution in [-0.2, 0) is 16.1 Å². The largest absolute Gasteiger partial charge is 0.337 e. The van der Waals surface area contributed by atoms with Gasteiger partial charge in [0.2, 0.25) is 11.8 Å². The maximum absolute atomic E-state index is 13.3. The number of allylic oxidation sites excluding steroid dienone is 1. The summed E-state index contributed by atoms with van der Waals surface area (Å²) < 4.78 is 0. The zero-order chi connectivity index (χ0) is 19.0. The first-order valence-corrected chi connectivity index (χ1v) is 9.81. The third-order valence-corrected chi connectivity index (χ3v) is 6.29. The summed E-state index contributed by atoms with van der Waals surface area (Å²) in [5.74, 6) is -0.510. The van der Waals surface area contributed by atoms with Crippen molar-refractivity contribution < 1.29 is 9.59 Å². The SMILES string of the molecule is C[C@H]1C=C[C@H]2CN(Cc3ccccc3)C(=O)[C@@H]2[C@@H]1C(=O)N1CCC[C@H]1C#N. The second-order valence-electron chi connectivity index (χ2n) is 7.98. The molecule has 2 saturated heterocycles. The monoisotopic (exact) mass is 363 g/mol. The van der Waals surface area contributed by atoms with Gasteiger partial charge >= 0.3 is 0 Å². The minimum atomic E-state index is -0.359. The molecule has 5 atom stereocenters. The molecule has 2 aliphatic heterocycles. The number of hydrogen-bond donors (Lipinski definition) is 0. The normalized spacial score (nSPS) is 32.4. The molecule has 2 fully saturated rings. The molecule has 0 radical (unpaired) electrons. The van der Waals surface area contributed by atoms with Crippen LogP contribution < -0.4 is 0 Å². The van der Waals surface area contributed by atoms with Crippen LogP contribution in [0.2, 0.25) is 0 Å². The molecule has 0 unspecified atom stereocenters. The van der Waals surface area contributed by atoms with Crippen LogP contribution in [0.4, 0.5) is 0 Å². The third-order valence-electron chi connectivity index (χ3n) is 6.29. The van der Waals surface area contributed by atoms with Gasteiger partial charge in [-0.15, -0.1) is 0 Å². The Kier molecular flexibility index (Phi) is 4.73. The number of nitriles is 1. The lowest BCUT2D eigenvalue weighted by molar-refractivity contribution is -0.145. The fourth-order valence-electron chi connectivity index (χ4n) is 4.90. The summed E-state index contributed by atoms with van der Waals surface area (Å²) in [5.41, 5.74) is 1.11. The van der Waals surface area contributed by atoms with E-state index in [0.29, 0.717) is 19.6 Å². The third kappa shape index (κ3) is 3.14. The van der Waals surface area contributed by atoms with Gasteiger partial charge in [-0.05, 0) is 24.3 Å². The Morgan fingerprint density at radius 1 is 1.26 bits per heavy atom. The van der Waals surface area contributed by atoms with Crippen molar-refractivity contribution in [3.05, 3.63) is 48.0 Å². The number of nitrogens with zero attached hydrogens (tertiary/aromatic N) is 3. The molecule has 0 spiro atoms. The van der Waals surface area contributed by atoms with E-state index >= 15 is 0 Å². The maximum atomic E-state index is 13.3. The summed E-state index contributed by atoms with van der Waals surface area (Å²) in [5, 5.41) is 9.36. The van der Waals surface area contributed by atoms with Crippen LogP contribution in [0.5, 0.6) is 0 Å². The molecular weight excluding hydrogens is 338 g/mol. The van der Waals surface area contributed by atoms with E-state index in [-0.39, 0.29) is 41.5 Å². The highest BCUT2D eigenvalue weighted by Gasteiger charge is 2.51. The van der Waals surface area contributed by atoms with Crippen molar-refractivity contribution >= 4 is 11.8 Å². The van der Waals surface area contributed by atoms with Gasteiger partial charge in [0.05, 0.1) is 17.9 Å². The van der Waals surface area contributed by atoms with E-state index < -0.39 is 0 Å². The highest BCUT2D eigenvalue weighted by molar-refractivity contribution is 5.90. The molecule has 2 heterocycles. The van der Waals surface area contributed by atoms with E-state index in [1.54, 1.807) is 4.90 Å². The summed E-state index contributed by atoms with van der Waals surface area (Å²) in [6, 6.07) is 11.9. The molecule has 1 aliphatic carbocycles. The van der Waals surface area contributed by atoms with Crippen molar-refractivity contribution in [3.8, 4) is 6.07 Å². The summed E-state index contributed by atoms with van der Waals surface area (Å²) in [4.78, 5) is 30.1. The number of fused-ring (bicyclic) bond motifs is 1. The van der Waals surface area contributed by atoms with E-state index in [2.05, 4.69) is 18.2 Å². The summed E-state index contributed by atoms with van der Waals surface area (Å²) in [6.45, 7) is 3.89. The smallest absolute Gasteiger partial charge is 0.228 e. The highest BCUT2D eigenvalue weighted by Crippen LogP contribution is 2.42. The number of hydrogen-bond acceptors (Lipinski definition) is 3. The number of rotatable bonds is 3. The Bertz CT molecular complexity index is 798. The van der Waals surface area contributed by atoms with E-state index in [9.17, 15) is 14.9 Å². The molecule has 0 aromatic heterocycles. The van der Waals surface area contributed by atoms with Gasteiger partial charge in [0.1, 0.15) is 6.04 Å². The van der Waals surface area contributed by atoms with Crippen molar-refractivity contribution in [1.29, 1.82) is 5.26 Å². The van der Waals surface area contributed by atoms with Crippen molar-refractivity contribution in [2.24, 2.45) is 23.7 Å². The highest BCUT2D eigenvalue weighted by atomic mass is 16.2. The van der Waals surface area contributed by atoms with Gasteiger partial charge < -0.3 is 9.80 Å². The van der Waals surface area contributed by atoms with Crippen LogP contribution in [0.1, 0.15) is 25.3 Å². The molecule has 5 heteroatoms. The molecule has 140 valence electrons. The summed E-state index contributed by atoms with van der Waals surface area (Å²) >= 11 is 0. The molecule has 0 saturated carbocycles. The number of benzene rings is 1. The van der Waals surface area contributed by atoms with Crippen LogP contribution in [0.3, 0.4) is 0 Å². The van der Waals surface area contributed by atoms with E-state index in [4.69, 9.17) is 0 Å². The molecule has 2 amide bonds. The molecular formula is C22H25N3O2. The Hall–Kier alpha value is -2.61. The second kappa shape index (κ2) is 7.19. The van der Waals surface area contributed by atoms with Gasteiger partial charge in [-0.25, -0.2) is 0 Å². The molecule has 4 rings (SSSR count). The van der Waals surface area contributed by atoms with Crippen LogP contribution in [0, 0.1) is 35.0 Å². The van der Waals surface area contributed by atoms with Crippen molar-refractivity contribution in [2.45, 2.75) is 32.4 Å². The van der Waals surface area contributed by atoms with Gasteiger partial charge in [0.25, 0.3) is 0 Å². The van der Waals surface area contributed by atoms with E-state index in [1.165, 1.54) is 0 Å². The minimum absolute atomic E-state index is 0.0131. The van der Waals surface area contributed by atoms with Crippen molar-refractivity contribution in [1.82, 2.24) is 9.80 Å². The van der Waals surface area contributed by atoms with Gasteiger partial charge in [-0.1, -0.05) is 49.4 Å². The quantitative estimate of drug-likeness (QED) is 0.776. The molecule has 27 heavy (non-hydrogen) atoms. The number of likely N-dealkylation sites (tertiary alicyclic amines) is 2. The van der Waals surface area contributed by atoms with Crippen molar-refractivity contribution in [2.75, 3.05) is 13.1 Å². The molecule has 0 N–H and O–H groups in total. The van der Waals surface area contributed by atoms with Crippen molar-refractivity contribution in [3.63, 3.8) is 0 Å². The number of amides is 2. The number of carbonyl (C=O) groups is 2. The molecule has 1 aromatic carbocycles. The first kappa shape index (κ1) is 17.8. The van der Waals surface area contributed by atoms with Crippen LogP contribution in [0.25, 0.3) is 0 Å². The topological polar surface area (TPSA) is 64.4 Å². The second-order valence-corrected chi connectivity index (χ2v) is 7.98. The Balaban J connectivity index is 1.57. The van der Waals surface area contributed by atoms with Crippen LogP contribution in [0.15, 0.2) is 42.5 Å². The van der Waals surface area contributed by atoms with Gasteiger partial charge in [-0.3, -0.25) is 9.59 Å². The number of carbonyl (C=O) groups excluding carboxylic acids is 2. The first-order chi connectivity index (χ1) is 13.1. The average Bonchev–Trinajstić information content (AvgIpc) is 3.28. The fourth-order valence-corrected chi connectivity index (χ4v) is 4.90. The molecule has 0 bridgehead atoms. The first-order valence-electron chi connectivity index (χ1n) is 9.81. The summed E-state index contributed by atoms with van der Waals surface area (Å²) in [7, 11) is 0.